The molecule has 1 aromatic heterocycles. The van der Waals surface area contributed by atoms with E-state index < -0.39 is 10.0 Å². The molecule has 1 heterocycles. The van der Waals surface area contributed by atoms with Gasteiger partial charge in [-0.2, -0.15) is 9.40 Å². The Balaban J connectivity index is 1.78. The molecule has 2 saturated carbocycles. The first-order chi connectivity index (χ1) is 14.1. The van der Waals surface area contributed by atoms with Crippen LogP contribution < -0.4 is 0 Å². The Morgan fingerprint density at radius 1 is 1.00 bits per heavy atom. The molecule has 6 nitrogen and oxygen atoms in total. The topological polar surface area (TPSA) is 75.4 Å². The minimum absolute atomic E-state index is 0.0423. The molecular weight excluding hydrogens is 386 g/mol. The zero-order valence-electron chi connectivity index (χ0n) is 16.9. The summed E-state index contributed by atoms with van der Waals surface area (Å²) in [5.74, 6) is 0. The van der Waals surface area contributed by atoms with Crippen molar-refractivity contribution in [3.63, 3.8) is 0 Å². The Morgan fingerprint density at radius 2 is 1.66 bits per heavy atom. The largest absolute Gasteiger partial charge is 0.395 e. The lowest BCUT2D eigenvalue weighted by Crippen LogP contribution is -2.43. The Labute approximate surface area is 173 Å². The van der Waals surface area contributed by atoms with Gasteiger partial charge in [-0.3, -0.25) is 4.68 Å². The second-order valence-corrected chi connectivity index (χ2v) is 10.1. The number of hydrogen-bond acceptors (Lipinski definition) is 4. The van der Waals surface area contributed by atoms with Crippen molar-refractivity contribution in [2.24, 2.45) is 0 Å². The summed E-state index contributed by atoms with van der Waals surface area (Å²) in [6.07, 6.45) is 11.1. The molecule has 7 heteroatoms. The molecule has 2 aliphatic carbocycles. The van der Waals surface area contributed by atoms with Crippen molar-refractivity contribution in [1.29, 1.82) is 0 Å². The highest BCUT2D eigenvalue weighted by Crippen LogP contribution is 2.36. The molecule has 158 valence electrons. The molecule has 2 aromatic rings. The van der Waals surface area contributed by atoms with Crippen LogP contribution in [0.1, 0.15) is 63.8 Å². The lowest BCUT2D eigenvalue weighted by molar-refractivity contribution is 0.199. The van der Waals surface area contributed by atoms with Gasteiger partial charge in [-0.15, -0.1) is 0 Å². The molecular formula is C22H31N3O3S. The van der Waals surface area contributed by atoms with Gasteiger partial charge in [-0.25, -0.2) is 8.42 Å². The number of aromatic nitrogens is 2. The summed E-state index contributed by atoms with van der Waals surface area (Å²) >= 11 is 0. The minimum Gasteiger partial charge on any atom is -0.395 e. The standard InChI is InChI=1S/C22H31N3O3S/c26-16-15-25(20-13-5-2-6-14-20)29(27,28)21-17-24(19-11-7-8-12-19)23-22(21)18-9-3-1-4-10-18/h1,3-4,9-10,17,19-20,26H,2,5-8,11-16H2. The van der Waals surface area contributed by atoms with Crippen molar-refractivity contribution in [3.05, 3.63) is 36.5 Å². The Morgan fingerprint density at radius 3 is 2.31 bits per heavy atom. The first-order valence-corrected chi connectivity index (χ1v) is 12.3. The average molecular weight is 418 g/mol. The highest BCUT2D eigenvalue weighted by molar-refractivity contribution is 7.89. The van der Waals surface area contributed by atoms with E-state index >= 15 is 0 Å². The molecule has 2 aliphatic rings. The zero-order valence-corrected chi connectivity index (χ0v) is 17.7. The lowest BCUT2D eigenvalue weighted by Gasteiger charge is -2.32. The van der Waals surface area contributed by atoms with Crippen LogP contribution in [0.4, 0.5) is 0 Å². The van der Waals surface area contributed by atoms with Gasteiger partial charge in [0, 0.05) is 24.3 Å². The number of rotatable bonds is 7. The average Bonchev–Trinajstić information content (AvgIpc) is 3.43. The van der Waals surface area contributed by atoms with Crippen LogP contribution >= 0.6 is 0 Å². The van der Waals surface area contributed by atoms with Crippen molar-refractivity contribution in [1.82, 2.24) is 14.1 Å². The highest BCUT2D eigenvalue weighted by Gasteiger charge is 2.36. The first kappa shape index (κ1) is 20.6. The molecule has 0 aliphatic heterocycles. The van der Waals surface area contributed by atoms with Crippen LogP contribution in [0.2, 0.25) is 0 Å². The number of sulfonamides is 1. The summed E-state index contributed by atoms with van der Waals surface area (Å²) in [6.45, 7) is -0.0387. The maximum Gasteiger partial charge on any atom is 0.247 e. The van der Waals surface area contributed by atoms with Crippen molar-refractivity contribution in [3.8, 4) is 11.3 Å². The molecule has 0 saturated heterocycles. The van der Waals surface area contributed by atoms with E-state index in [9.17, 15) is 13.5 Å². The van der Waals surface area contributed by atoms with Crippen molar-refractivity contribution in [2.75, 3.05) is 13.2 Å². The molecule has 0 amide bonds. The van der Waals surface area contributed by atoms with Gasteiger partial charge in [0.25, 0.3) is 0 Å². The van der Waals surface area contributed by atoms with Crippen LogP contribution in [-0.4, -0.2) is 46.8 Å². The van der Waals surface area contributed by atoms with Crippen LogP contribution in [0.15, 0.2) is 41.4 Å². The first-order valence-electron chi connectivity index (χ1n) is 10.9. The van der Waals surface area contributed by atoms with Gasteiger partial charge in [0.05, 0.1) is 12.6 Å². The Kier molecular flexibility index (Phi) is 6.37. The lowest BCUT2D eigenvalue weighted by atomic mass is 9.95. The number of hydrogen-bond donors (Lipinski definition) is 1. The fourth-order valence-corrected chi connectivity index (χ4v) is 6.63. The van der Waals surface area contributed by atoms with E-state index in [0.717, 1.165) is 63.4 Å². The quantitative estimate of drug-likeness (QED) is 0.739. The molecule has 0 spiro atoms. The van der Waals surface area contributed by atoms with Crippen LogP contribution in [0.25, 0.3) is 11.3 Å². The van der Waals surface area contributed by atoms with E-state index in [1.54, 1.807) is 6.20 Å². The predicted octanol–water partition coefficient (Wildman–Crippen LogP) is 3.98. The van der Waals surface area contributed by atoms with Crippen LogP contribution in [0.5, 0.6) is 0 Å². The molecule has 29 heavy (non-hydrogen) atoms. The molecule has 1 aromatic carbocycles. The van der Waals surface area contributed by atoms with Crippen LogP contribution in [0, 0.1) is 0 Å². The van der Waals surface area contributed by atoms with E-state index in [1.807, 2.05) is 35.0 Å². The summed E-state index contributed by atoms with van der Waals surface area (Å²) in [6, 6.07) is 9.79. The van der Waals surface area contributed by atoms with Gasteiger partial charge < -0.3 is 5.11 Å². The second-order valence-electron chi connectivity index (χ2n) is 8.26. The molecule has 0 radical (unpaired) electrons. The molecule has 0 unspecified atom stereocenters. The second kappa shape index (κ2) is 8.98. The summed E-state index contributed by atoms with van der Waals surface area (Å²) in [4.78, 5) is 0.273. The van der Waals surface area contributed by atoms with E-state index in [-0.39, 0.29) is 30.1 Å². The summed E-state index contributed by atoms with van der Waals surface area (Å²) < 4.78 is 31.0. The molecule has 1 N–H and O–H groups in total. The number of nitrogens with zero attached hydrogens (tertiary/aromatic N) is 3. The van der Waals surface area contributed by atoms with Crippen molar-refractivity contribution < 1.29 is 13.5 Å². The molecule has 4 rings (SSSR count). The fourth-order valence-electron chi connectivity index (χ4n) is 4.81. The van der Waals surface area contributed by atoms with Gasteiger partial charge in [-0.05, 0) is 25.7 Å². The SMILES string of the molecule is O=S(=O)(c1cn(C2CCCC2)nc1-c1ccccc1)N(CCO)C1CCCCC1. The fraction of sp³-hybridized carbons (Fsp3) is 0.591. The van der Waals surface area contributed by atoms with Gasteiger partial charge in [0.2, 0.25) is 10.0 Å². The third-order valence-corrected chi connectivity index (χ3v) is 8.29. The predicted molar refractivity (Wildman–Crippen MR) is 113 cm³/mol. The van der Waals surface area contributed by atoms with Gasteiger partial charge in [-0.1, -0.05) is 62.4 Å². The number of aliphatic hydroxyl groups excluding tert-OH is 1. The monoisotopic (exact) mass is 417 g/mol. The zero-order chi connectivity index (χ0) is 20.3. The van der Waals surface area contributed by atoms with Crippen molar-refractivity contribution in [2.45, 2.75) is 74.8 Å². The molecule has 0 atom stereocenters. The Bertz CT molecular complexity index is 899. The van der Waals surface area contributed by atoms with E-state index in [2.05, 4.69) is 0 Å². The van der Waals surface area contributed by atoms with Gasteiger partial charge >= 0.3 is 0 Å². The summed E-state index contributed by atoms with van der Waals surface area (Å²) in [7, 11) is -3.76. The maximum absolute atomic E-state index is 13.8. The third kappa shape index (κ3) is 4.27. The van der Waals surface area contributed by atoms with Crippen LogP contribution in [-0.2, 0) is 10.0 Å². The van der Waals surface area contributed by atoms with E-state index in [4.69, 9.17) is 5.10 Å². The smallest absolute Gasteiger partial charge is 0.247 e. The highest BCUT2D eigenvalue weighted by atomic mass is 32.2. The number of aliphatic hydroxyl groups is 1. The third-order valence-electron chi connectivity index (χ3n) is 6.33. The molecule has 0 bridgehead atoms. The van der Waals surface area contributed by atoms with E-state index in [1.165, 1.54) is 4.31 Å². The molecule has 2 fully saturated rings. The Hall–Kier alpha value is -1.70. The minimum atomic E-state index is -3.76. The van der Waals surface area contributed by atoms with Gasteiger partial charge in [0.15, 0.2) is 0 Å². The summed E-state index contributed by atoms with van der Waals surface area (Å²) in [5, 5.41) is 14.4. The maximum atomic E-state index is 13.8. The van der Waals surface area contributed by atoms with Crippen LogP contribution in [0.3, 0.4) is 0 Å². The normalized spacial score (nSPS) is 19.2. The number of benzene rings is 1. The van der Waals surface area contributed by atoms with Gasteiger partial charge in [0.1, 0.15) is 10.6 Å². The van der Waals surface area contributed by atoms with E-state index in [0.29, 0.717) is 5.69 Å². The summed E-state index contributed by atoms with van der Waals surface area (Å²) in [5.41, 5.74) is 1.34. The van der Waals surface area contributed by atoms with Crippen molar-refractivity contribution >= 4 is 10.0 Å².